The van der Waals surface area contributed by atoms with Gasteiger partial charge in [-0.2, -0.15) is 0 Å². The van der Waals surface area contributed by atoms with Crippen molar-refractivity contribution in [2.45, 2.75) is 6.04 Å². The third kappa shape index (κ3) is 3.22. The van der Waals surface area contributed by atoms with Crippen molar-refractivity contribution in [2.75, 3.05) is 18.4 Å². The Bertz CT molecular complexity index is 568. The van der Waals surface area contributed by atoms with Crippen molar-refractivity contribution in [3.63, 3.8) is 0 Å². The summed E-state index contributed by atoms with van der Waals surface area (Å²) in [5.74, 6) is -0.571. The van der Waals surface area contributed by atoms with E-state index in [4.69, 9.17) is 11.6 Å². The van der Waals surface area contributed by atoms with E-state index >= 15 is 0 Å². The van der Waals surface area contributed by atoms with Crippen LogP contribution in [0.25, 0.3) is 0 Å². The molecule has 106 valence electrons. The van der Waals surface area contributed by atoms with Crippen LogP contribution in [0.5, 0.6) is 0 Å². The van der Waals surface area contributed by atoms with Gasteiger partial charge in [0.1, 0.15) is 11.1 Å². The molecule has 0 radical (unpaired) electrons. The van der Waals surface area contributed by atoms with Crippen LogP contribution >= 0.6 is 11.6 Å². The average Bonchev–Trinajstić information content (AvgIpc) is 2.41. The van der Waals surface area contributed by atoms with Gasteiger partial charge in [-0.1, -0.05) is 11.6 Å². The van der Waals surface area contributed by atoms with E-state index in [0.29, 0.717) is 0 Å². The molecular weight excluding hydrogens is 288 g/mol. The van der Waals surface area contributed by atoms with Gasteiger partial charge in [-0.3, -0.25) is 25.0 Å². The number of anilines is 1. The first-order valence-corrected chi connectivity index (χ1v) is 6.10. The van der Waals surface area contributed by atoms with Gasteiger partial charge in [0.15, 0.2) is 0 Å². The first kappa shape index (κ1) is 14.2. The molecule has 1 unspecified atom stereocenters. The van der Waals surface area contributed by atoms with Gasteiger partial charge >= 0.3 is 0 Å². The Balaban J connectivity index is 2.06. The largest absolute Gasteiger partial charge is 0.353 e. The molecule has 1 atom stereocenters. The van der Waals surface area contributed by atoms with Crippen molar-refractivity contribution in [1.82, 2.24) is 10.6 Å². The molecular formula is C11H11ClN4O4. The van der Waals surface area contributed by atoms with E-state index in [1.54, 1.807) is 0 Å². The highest BCUT2D eigenvalue weighted by Crippen LogP contribution is 2.27. The minimum atomic E-state index is -0.628. The third-order valence-corrected chi connectivity index (χ3v) is 3.06. The number of nitro groups is 1. The Morgan fingerprint density at radius 1 is 1.50 bits per heavy atom. The molecule has 0 saturated carbocycles. The van der Waals surface area contributed by atoms with Crippen LogP contribution in [0.2, 0.25) is 5.02 Å². The van der Waals surface area contributed by atoms with Gasteiger partial charge in [-0.15, -0.1) is 0 Å². The predicted octanol–water partition coefficient (Wildman–Crippen LogP) is 0.275. The number of hydrogen-bond donors (Lipinski definition) is 3. The van der Waals surface area contributed by atoms with E-state index in [1.165, 1.54) is 18.2 Å². The van der Waals surface area contributed by atoms with Gasteiger partial charge < -0.3 is 10.6 Å². The van der Waals surface area contributed by atoms with Gasteiger partial charge in [-0.25, -0.2) is 0 Å². The molecule has 3 N–H and O–H groups in total. The number of hydrogen-bond acceptors (Lipinski definition) is 5. The number of benzene rings is 1. The summed E-state index contributed by atoms with van der Waals surface area (Å²) in [4.78, 5) is 33.0. The van der Waals surface area contributed by atoms with Crippen molar-refractivity contribution in [1.29, 1.82) is 0 Å². The molecule has 0 aromatic heterocycles. The number of nitro benzene ring substituents is 1. The lowest BCUT2D eigenvalue weighted by Crippen LogP contribution is -2.56. The lowest BCUT2D eigenvalue weighted by atomic mass is 10.2. The normalized spacial score (nSPS) is 18.2. The fraction of sp³-hybridized carbons (Fsp3) is 0.273. The Hall–Kier alpha value is -2.19. The molecule has 2 rings (SSSR count). The minimum absolute atomic E-state index is 0.00365. The highest BCUT2D eigenvalue weighted by atomic mass is 35.5. The Morgan fingerprint density at radius 3 is 2.85 bits per heavy atom. The molecule has 0 spiro atoms. The first-order valence-electron chi connectivity index (χ1n) is 5.72. The summed E-state index contributed by atoms with van der Waals surface area (Å²) >= 11 is 5.68. The highest BCUT2D eigenvalue weighted by molar-refractivity contribution is 6.32. The van der Waals surface area contributed by atoms with Crippen molar-refractivity contribution in [2.24, 2.45) is 0 Å². The molecule has 1 aliphatic rings. The number of carbonyl (C=O) groups excluding carboxylic acids is 2. The van der Waals surface area contributed by atoms with Crippen molar-refractivity contribution in [3.8, 4) is 0 Å². The molecule has 1 fully saturated rings. The summed E-state index contributed by atoms with van der Waals surface area (Å²) < 4.78 is 0. The number of nitrogens with one attached hydrogen (secondary N) is 3. The van der Waals surface area contributed by atoms with E-state index in [1.807, 2.05) is 0 Å². The van der Waals surface area contributed by atoms with E-state index in [9.17, 15) is 19.7 Å². The number of piperazine rings is 1. The zero-order valence-electron chi connectivity index (χ0n) is 10.2. The summed E-state index contributed by atoms with van der Waals surface area (Å²) in [6.07, 6.45) is 0. The van der Waals surface area contributed by atoms with Crippen LogP contribution < -0.4 is 16.0 Å². The monoisotopic (exact) mass is 298 g/mol. The number of nitrogens with zero attached hydrogens (tertiary/aromatic N) is 1. The maximum Gasteiger partial charge on any atom is 0.289 e. The molecule has 0 aliphatic carbocycles. The van der Waals surface area contributed by atoms with Gasteiger partial charge in [0.25, 0.3) is 5.69 Å². The number of rotatable bonds is 3. The van der Waals surface area contributed by atoms with E-state index in [-0.39, 0.29) is 41.3 Å². The van der Waals surface area contributed by atoms with E-state index < -0.39 is 11.0 Å². The van der Waals surface area contributed by atoms with Gasteiger partial charge in [0, 0.05) is 18.3 Å². The molecule has 1 heterocycles. The molecule has 2 amide bonds. The van der Waals surface area contributed by atoms with Crippen LogP contribution in [0.4, 0.5) is 11.4 Å². The van der Waals surface area contributed by atoms with Crippen LogP contribution in [0.15, 0.2) is 18.2 Å². The van der Waals surface area contributed by atoms with Gasteiger partial charge in [0.05, 0.1) is 11.5 Å². The fourth-order valence-electron chi connectivity index (χ4n) is 1.71. The maximum absolute atomic E-state index is 11.9. The van der Waals surface area contributed by atoms with Crippen LogP contribution in [0.1, 0.15) is 0 Å². The molecule has 1 saturated heterocycles. The highest BCUT2D eigenvalue weighted by Gasteiger charge is 2.24. The molecule has 1 aromatic carbocycles. The Kier molecular flexibility index (Phi) is 4.16. The topological polar surface area (TPSA) is 113 Å². The molecule has 9 heteroatoms. The Labute approximate surface area is 118 Å². The minimum Gasteiger partial charge on any atom is -0.353 e. The molecule has 1 aromatic rings. The predicted molar refractivity (Wildman–Crippen MR) is 71.5 cm³/mol. The Morgan fingerprint density at radius 2 is 2.25 bits per heavy atom. The van der Waals surface area contributed by atoms with Crippen LogP contribution in [0.3, 0.4) is 0 Å². The summed E-state index contributed by atoms with van der Waals surface area (Å²) in [5.41, 5.74) is -0.0147. The van der Waals surface area contributed by atoms with E-state index in [2.05, 4.69) is 16.0 Å². The SMILES string of the molecule is O=C1CNC(C(=O)Nc2ccc(Cl)c([N+](=O)[O-])c2)CN1. The zero-order chi connectivity index (χ0) is 14.7. The van der Waals surface area contributed by atoms with Crippen LogP contribution in [-0.2, 0) is 9.59 Å². The smallest absolute Gasteiger partial charge is 0.289 e. The lowest BCUT2D eigenvalue weighted by molar-refractivity contribution is -0.384. The number of amides is 2. The quantitative estimate of drug-likeness (QED) is 0.548. The van der Waals surface area contributed by atoms with Crippen molar-refractivity contribution >= 4 is 34.8 Å². The van der Waals surface area contributed by atoms with Gasteiger partial charge in [0.2, 0.25) is 11.8 Å². The molecule has 0 bridgehead atoms. The third-order valence-electron chi connectivity index (χ3n) is 2.74. The first-order chi connectivity index (χ1) is 9.47. The summed E-state index contributed by atoms with van der Waals surface area (Å²) in [5, 5.41) is 18.6. The van der Waals surface area contributed by atoms with Crippen molar-refractivity contribution < 1.29 is 14.5 Å². The molecule has 1 aliphatic heterocycles. The lowest BCUT2D eigenvalue weighted by Gasteiger charge is -2.23. The van der Waals surface area contributed by atoms with Crippen LogP contribution in [-0.4, -0.2) is 35.9 Å². The maximum atomic E-state index is 11.9. The number of halogens is 1. The summed E-state index contributed by atoms with van der Waals surface area (Å²) in [7, 11) is 0. The van der Waals surface area contributed by atoms with Crippen LogP contribution in [0, 0.1) is 10.1 Å². The van der Waals surface area contributed by atoms with Crippen molar-refractivity contribution in [3.05, 3.63) is 33.3 Å². The van der Waals surface area contributed by atoms with Gasteiger partial charge in [-0.05, 0) is 12.1 Å². The summed E-state index contributed by atoms with van der Waals surface area (Å²) in [6.45, 7) is 0.221. The van der Waals surface area contributed by atoms with E-state index in [0.717, 1.165) is 0 Å². The second-order valence-electron chi connectivity index (χ2n) is 4.15. The standard InChI is InChI=1S/C11H11ClN4O4/c12-7-2-1-6(3-9(7)16(19)20)15-11(18)8-4-14-10(17)5-13-8/h1-3,8,13H,4-5H2,(H,14,17)(H,15,18). The summed E-state index contributed by atoms with van der Waals surface area (Å²) in [6, 6.07) is 3.41. The zero-order valence-corrected chi connectivity index (χ0v) is 10.9. The second kappa shape index (κ2) is 5.85. The second-order valence-corrected chi connectivity index (χ2v) is 4.56. The molecule has 8 nitrogen and oxygen atoms in total. The average molecular weight is 299 g/mol. The molecule has 20 heavy (non-hydrogen) atoms. The fourth-order valence-corrected chi connectivity index (χ4v) is 1.90. The number of carbonyl (C=O) groups is 2.